The number of phenols is 2. The molecule has 0 saturated heterocycles. The molecule has 0 spiro atoms. The molecule has 0 amide bonds. The molecule has 0 atom stereocenters. The molecule has 0 fully saturated rings. The van der Waals surface area contributed by atoms with Crippen LogP contribution in [0.5, 0.6) is 11.5 Å². The highest BCUT2D eigenvalue weighted by molar-refractivity contribution is 7.80. The van der Waals surface area contributed by atoms with E-state index in [0.717, 1.165) is 48.0 Å². The van der Waals surface area contributed by atoms with E-state index in [-0.39, 0.29) is 11.5 Å². The van der Waals surface area contributed by atoms with Gasteiger partial charge in [-0.1, -0.05) is 54.6 Å². The van der Waals surface area contributed by atoms with Crippen molar-refractivity contribution in [2.75, 3.05) is 0 Å². The van der Waals surface area contributed by atoms with E-state index in [2.05, 4.69) is 19.1 Å². The number of aromatic hydroxyl groups is 2. The summed E-state index contributed by atoms with van der Waals surface area (Å²) >= 11 is 9.82. The van der Waals surface area contributed by atoms with Crippen molar-refractivity contribution in [1.29, 1.82) is 0 Å². The molecule has 0 heterocycles. The Bertz CT molecular complexity index is 1380. The van der Waals surface area contributed by atoms with Crippen LogP contribution >= 0.6 is 25.3 Å². The van der Waals surface area contributed by atoms with E-state index in [1.54, 1.807) is 24.3 Å². The molecule has 0 bridgehead atoms. The second kappa shape index (κ2) is 7.80. The number of rotatable bonds is 3. The summed E-state index contributed by atoms with van der Waals surface area (Å²) in [5.74, 6) is 0.458. The lowest BCUT2D eigenvalue weighted by atomic mass is 9.68. The second-order valence-corrected chi connectivity index (χ2v) is 9.18. The summed E-state index contributed by atoms with van der Waals surface area (Å²) in [6.45, 7) is 2.20. The van der Waals surface area contributed by atoms with Crippen molar-refractivity contribution in [3.8, 4) is 11.5 Å². The van der Waals surface area contributed by atoms with E-state index in [4.69, 9.17) is 25.3 Å². The van der Waals surface area contributed by atoms with Crippen molar-refractivity contribution < 1.29 is 10.2 Å². The molecule has 0 radical (unpaired) electrons. The Kier molecular flexibility index (Phi) is 5.07. The van der Waals surface area contributed by atoms with Crippen molar-refractivity contribution >= 4 is 46.8 Å². The lowest BCUT2D eigenvalue weighted by molar-refractivity contribution is 0.475. The topological polar surface area (TPSA) is 40.5 Å². The first kappa shape index (κ1) is 20.8. The van der Waals surface area contributed by atoms with E-state index in [1.165, 1.54) is 0 Å². The Morgan fingerprint density at radius 2 is 1.06 bits per heavy atom. The number of thiol groups is 2. The molecule has 0 unspecified atom stereocenters. The minimum atomic E-state index is -0.609. The summed E-state index contributed by atoms with van der Waals surface area (Å²) in [4.78, 5) is 1.72. The summed E-state index contributed by atoms with van der Waals surface area (Å²) in [6, 6.07) is 29.2. The molecule has 5 rings (SSSR count). The van der Waals surface area contributed by atoms with Crippen molar-refractivity contribution in [2.45, 2.75) is 22.1 Å². The van der Waals surface area contributed by atoms with Gasteiger partial charge in [-0.15, -0.1) is 25.3 Å². The second-order valence-electron chi connectivity index (χ2n) is 8.22. The van der Waals surface area contributed by atoms with Gasteiger partial charge < -0.3 is 10.2 Å². The van der Waals surface area contributed by atoms with Crippen LogP contribution in [0.15, 0.2) is 101 Å². The van der Waals surface area contributed by atoms with E-state index >= 15 is 0 Å². The molecule has 2 nitrogen and oxygen atoms in total. The molecule has 0 aliphatic heterocycles. The third-order valence-corrected chi connectivity index (χ3v) is 7.06. The average Bonchev–Trinajstić information content (AvgIpc) is 2.79. The largest absolute Gasteiger partial charge is 0.508 e. The van der Waals surface area contributed by atoms with Crippen LogP contribution in [0, 0.1) is 0 Å². The van der Waals surface area contributed by atoms with Gasteiger partial charge in [0.1, 0.15) is 11.5 Å². The Hall–Kier alpha value is -3.08. The van der Waals surface area contributed by atoms with Crippen LogP contribution in [0.2, 0.25) is 0 Å². The van der Waals surface area contributed by atoms with Gasteiger partial charge in [0.25, 0.3) is 0 Å². The van der Waals surface area contributed by atoms with Gasteiger partial charge in [0, 0.05) is 15.2 Å². The highest BCUT2D eigenvalue weighted by Crippen LogP contribution is 2.49. The van der Waals surface area contributed by atoms with Crippen molar-refractivity contribution in [1.82, 2.24) is 0 Å². The summed E-state index contributed by atoms with van der Waals surface area (Å²) in [6.07, 6.45) is 0. The Morgan fingerprint density at radius 1 is 0.594 bits per heavy atom. The predicted octanol–water partition coefficient (Wildman–Crippen LogP) is 7.34. The summed E-state index contributed by atoms with van der Waals surface area (Å²) in [7, 11) is 0. The molecule has 32 heavy (non-hydrogen) atoms. The first-order chi connectivity index (χ1) is 15.4. The highest BCUT2D eigenvalue weighted by atomic mass is 32.1. The number of hydrogen-bond donors (Lipinski definition) is 4. The maximum Gasteiger partial charge on any atom is 0.116 e. The molecular formula is C28H22O2S2. The van der Waals surface area contributed by atoms with Gasteiger partial charge in [0.2, 0.25) is 0 Å². The van der Waals surface area contributed by atoms with Gasteiger partial charge in [-0.3, -0.25) is 0 Å². The van der Waals surface area contributed by atoms with Gasteiger partial charge in [-0.25, -0.2) is 0 Å². The standard InChI is InChI=1S/C28H22O2S2/c1-28(19-5-3-2-4-6-19,26-22-11-9-20(29)15-17(22)7-13-24(26)31)27-23-12-10-21(30)16-18(23)8-14-25(27)32/h2-16,29-32H,1H3. The zero-order valence-corrected chi connectivity index (χ0v) is 19.2. The normalized spacial score (nSPS) is 11.8. The Labute approximate surface area is 198 Å². The first-order valence-corrected chi connectivity index (χ1v) is 11.2. The molecule has 5 aromatic rings. The fourth-order valence-corrected chi connectivity index (χ4v) is 5.68. The molecule has 0 aliphatic rings. The van der Waals surface area contributed by atoms with Crippen molar-refractivity contribution in [3.05, 3.63) is 108 Å². The van der Waals surface area contributed by atoms with Crippen molar-refractivity contribution in [2.24, 2.45) is 0 Å². The molecule has 2 N–H and O–H groups in total. The quantitative estimate of drug-likeness (QED) is 0.170. The van der Waals surface area contributed by atoms with Gasteiger partial charge >= 0.3 is 0 Å². The fourth-order valence-electron chi connectivity index (χ4n) is 4.85. The van der Waals surface area contributed by atoms with E-state index in [9.17, 15) is 10.2 Å². The molecule has 0 aromatic heterocycles. The fraction of sp³-hybridized carbons (Fsp3) is 0.0714. The SMILES string of the molecule is CC(c1ccccc1)(c1c(S)ccc2cc(O)ccc12)c1c(S)ccc2cc(O)ccc12. The van der Waals surface area contributed by atoms with Crippen LogP contribution in [0.1, 0.15) is 23.6 Å². The number of hydrogen-bond acceptors (Lipinski definition) is 4. The molecule has 0 aliphatic carbocycles. The first-order valence-electron chi connectivity index (χ1n) is 10.4. The zero-order valence-electron chi connectivity index (χ0n) is 17.4. The summed E-state index contributed by atoms with van der Waals surface area (Å²) in [5, 5.41) is 24.1. The Balaban J connectivity index is 1.98. The monoisotopic (exact) mass is 454 g/mol. The van der Waals surface area contributed by atoms with E-state index < -0.39 is 5.41 Å². The third-order valence-electron chi connectivity index (χ3n) is 6.31. The van der Waals surface area contributed by atoms with Crippen LogP contribution in [-0.4, -0.2) is 10.2 Å². The number of phenolic OH excluding ortho intramolecular Hbond substituents is 2. The molecular weight excluding hydrogens is 432 g/mol. The van der Waals surface area contributed by atoms with E-state index in [1.807, 2.05) is 54.6 Å². The smallest absolute Gasteiger partial charge is 0.116 e. The zero-order chi connectivity index (χ0) is 22.5. The van der Waals surface area contributed by atoms with Crippen LogP contribution in [0.4, 0.5) is 0 Å². The van der Waals surface area contributed by atoms with E-state index in [0.29, 0.717) is 0 Å². The maximum atomic E-state index is 10.1. The minimum Gasteiger partial charge on any atom is -0.508 e. The summed E-state index contributed by atoms with van der Waals surface area (Å²) < 4.78 is 0. The van der Waals surface area contributed by atoms with Gasteiger partial charge in [0.05, 0.1) is 0 Å². The number of benzene rings is 5. The molecule has 158 valence electrons. The maximum absolute atomic E-state index is 10.1. The summed E-state index contributed by atoms with van der Waals surface area (Å²) in [5.41, 5.74) is 2.58. The van der Waals surface area contributed by atoms with Gasteiger partial charge in [-0.2, -0.15) is 0 Å². The minimum absolute atomic E-state index is 0.229. The molecule has 5 aromatic carbocycles. The average molecular weight is 455 g/mol. The van der Waals surface area contributed by atoms with Crippen LogP contribution in [0.3, 0.4) is 0 Å². The Morgan fingerprint density at radius 3 is 1.53 bits per heavy atom. The predicted molar refractivity (Wildman–Crippen MR) is 138 cm³/mol. The lowest BCUT2D eigenvalue weighted by Crippen LogP contribution is -2.27. The van der Waals surface area contributed by atoms with Crippen LogP contribution in [-0.2, 0) is 5.41 Å². The van der Waals surface area contributed by atoms with Crippen LogP contribution < -0.4 is 0 Å². The van der Waals surface area contributed by atoms with Crippen LogP contribution in [0.25, 0.3) is 21.5 Å². The molecule has 0 saturated carbocycles. The lowest BCUT2D eigenvalue weighted by Gasteiger charge is -2.36. The van der Waals surface area contributed by atoms with Gasteiger partial charge in [-0.05, 0) is 81.6 Å². The van der Waals surface area contributed by atoms with Gasteiger partial charge in [0.15, 0.2) is 0 Å². The molecule has 4 heteroatoms. The highest BCUT2D eigenvalue weighted by Gasteiger charge is 2.37. The van der Waals surface area contributed by atoms with Crippen molar-refractivity contribution in [3.63, 3.8) is 0 Å². The number of fused-ring (bicyclic) bond motifs is 2. The third kappa shape index (κ3) is 3.22.